The number of halogens is 1. The van der Waals surface area contributed by atoms with E-state index < -0.39 is 0 Å². The van der Waals surface area contributed by atoms with Gasteiger partial charge in [0.2, 0.25) is 0 Å². The largest absolute Gasteiger partial charge is 0.379 e. The molecule has 0 atom stereocenters. The molecule has 0 aromatic heterocycles. The van der Waals surface area contributed by atoms with Gasteiger partial charge in [-0.3, -0.25) is 4.90 Å². The third-order valence-electron chi connectivity index (χ3n) is 4.86. The first-order valence-corrected chi connectivity index (χ1v) is 10.6. The summed E-state index contributed by atoms with van der Waals surface area (Å²) in [5.41, 5.74) is 3.36. The summed E-state index contributed by atoms with van der Waals surface area (Å²) in [6.07, 6.45) is 1.05. The summed E-state index contributed by atoms with van der Waals surface area (Å²) in [5.74, 6) is 0. The molecule has 6 heteroatoms. The molecule has 0 saturated carbocycles. The number of hydrogen-bond acceptors (Lipinski definition) is 3. The molecule has 1 fully saturated rings. The van der Waals surface area contributed by atoms with E-state index in [-0.39, 0.29) is 0 Å². The van der Waals surface area contributed by atoms with E-state index in [1.165, 1.54) is 11.1 Å². The van der Waals surface area contributed by atoms with E-state index >= 15 is 0 Å². The van der Waals surface area contributed by atoms with E-state index in [0.717, 1.165) is 58.0 Å². The highest BCUT2D eigenvalue weighted by Crippen LogP contribution is 2.21. The van der Waals surface area contributed by atoms with Gasteiger partial charge in [0.25, 0.3) is 0 Å². The molecular formula is C22H28ClN3OS. The average Bonchev–Trinajstić information content (AvgIpc) is 2.70. The number of ether oxygens (including phenoxy) is 1. The van der Waals surface area contributed by atoms with Crippen molar-refractivity contribution in [2.45, 2.75) is 19.9 Å². The van der Waals surface area contributed by atoms with Crippen LogP contribution in [0.4, 0.5) is 5.69 Å². The molecule has 1 aliphatic heterocycles. The Labute approximate surface area is 178 Å². The minimum Gasteiger partial charge on any atom is -0.379 e. The van der Waals surface area contributed by atoms with E-state index in [2.05, 4.69) is 46.3 Å². The van der Waals surface area contributed by atoms with Crippen LogP contribution in [0.25, 0.3) is 0 Å². The molecule has 1 heterocycles. The Bertz CT molecular complexity index is 780. The second-order valence-electron chi connectivity index (χ2n) is 7.13. The first-order valence-electron chi connectivity index (χ1n) is 9.78. The maximum atomic E-state index is 6.30. The summed E-state index contributed by atoms with van der Waals surface area (Å²) in [4.78, 5) is 4.69. The van der Waals surface area contributed by atoms with Crippen molar-refractivity contribution in [3.8, 4) is 0 Å². The predicted molar refractivity (Wildman–Crippen MR) is 121 cm³/mol. The Morgan fingerprint density at radius 3 is 2.71 bits per heavy atom. The Hall–Kier alpha value is -1.66. The van der Waals surface area contributed by atoms with Gasteiger partial charge in [-0.1, -0.05) is 53.6 Å². The van der Waals surface area contributed by atoms with Crippen molar-refractivity contribution in [1.82, 2.24) is 9.80 Å². The molecule has 2 aromatic carbocycles. The molecule has 1 saturated heterocycles. The third-order valence-corrected chi connectivity index (χ3v) is 5.55. The first-order chi connectivity index (χ1) is 13.6. The van der Waals surface area contributed by atoms with Crippen LogP contribution in [0.5, 0.6) is 0 Å². The monoisotopic (exact) mass is 417 g/mol. The molecule has 0 radical (unpaired) electrons. The highest BCUT2D eigenvalue weighted by molar-refractivity contribution is 7.80. The molecule has 0 unspecified atom stereocenters. The van der Waals surface area contributed by atoms with Gasteiger partial charge in [-0.15, -0.1) is 0 Å². The summed E-state index contributed by atoms with van der Waals surface area (Å²) in [5, 5.41) is 4.71. The number of benzene rings is 2. The molecule has 2 aromatic rings. The van der Waals surface area contributed by atoms with E-state index in [1.54, 1.807) is 0 Å². The summed E-state index contributed by atoms with van der Waals surface area (Å²) in [6.45, 7) is 8.54. The van der Waals surface area contributed by atoms with Crippen molar-refractivity contribution in [2.75, 3.05) is 44.7 Å². The van der Waals surface area contributed by atoms with Crippen molar-refractivity contribution in [3.63, 3.8) is 0 Å². The summed E-state index contributed by atoms with van der Waals surface area (Å²) < 4.78 is 5.44. The van der Waals surface area contributed by atoms with Crippen molar-refractivity contribution in [3.05, 3.63) is 64.7 Å². The number of aryl methyl sites for hydroxylation is 1. The van der Waals surface area contributed by atoms with Crippen molar-refractivity contribution in [2.24, 2.45) is 0 Å². The summed E-state index contributed by atoms with van der Waals surface area (Å²) >= 11 is 12.0. The van der Waals surface area contributed by atoms with Gasteiger partial charge in [-0.2, -0.15) is 0 Å². The van der Waals surface area contributed by atoms with Crippen LogP contribution in [0.2, 0.25) is 5.02 Å². The molecule has 0 aliphatic carbocycles. The predicted octanol–water partition coefficient (Wildman–Crippen LogP) is 4.57. The maximum Gasteiger partial charge on any atom is 0.173 e. The van der Waals surface area contributed by atoms with Gasteiger partial charge in [0, 0.05) is 32.7 Å². The van der Waals surface area contributed by atoms with Gasteiger partial charge >= 0.3 is 0 Å². The third kappa shape index (κ3) is 6.45. The Morgan fingerprint density at radius 1 is 1.18 bits per heavy atom. The lowest BCUT2D eigenvalue weighted by Crippen LogP contribution is -2.40. The van der Waals surface area contributed by atoms with Crippen molar-refractivity contribution in [1.29, 1.82) is 0 Å². The Kier molecular flexibility index (Phi) is 8.10. The highest BCUT2D eigenvalue weighted by atomic mass is 35.5. The zero-order chi connectivity index (χ0) is 19.8. The van der Waals surface area contributed by atoms with Gasteiger partial charge in [0.05, 0.1) is 23.9 Å². The number of thiocarbonyl (C=S) groups is 1. The van der Waals surface area contributed by atoms with Gasteiger partial charge in [0.15, 0.2) is 5.11 Å². The van der Waals surface area contributed by atoms with Gasteiger partial charge in [-0.05, 0) is 43.3 Å². The minimum absolute atomic E-state index is 0.675. The molecule has 150 valence electrons. The quantitative estimate of drug-likeness (QED) is 0.666. The molecule has 3 rings (SSSR count). The van der Waals surface area contributed by atoms with Crippen LogP contribution in [0.1, 0.15) is 17.5 Å². The van der Waals surface area contributed by atoms with Crippen molar-refractivity contribution < 1.29 is 4.74 Å². The van der Waals surface area contributed by atoms with E-state index in [1.807, 2.05) is 24.3 Å². The SMILES string of the molecule is Cc1cccc(CN(CCCN2CCOCC2)C(=S)Nc2ccccc2Cl)c1. The standard InChI is InChI=1S/C22H28ClN3OS/c1-18-6-4-7-19(16-18)17-26(11-5-10-25-12-14-27-15-13-25)22(28)24-21-9-3-2-8-20(21)23/h2-4,6-9,16H,5,10-15,17H2,1H3,(H,24,28). The lowest BCUT2D eigenvalue weighted by Gasteiger charge is -2.30. The fourth-order valence-corrected chi connectivity index (χ4v) is 3.80. The van der Waals surface area contributed by atoms with Crippen LogP contribution in [0.15, 0.2) is 48.5 Å². The number of para-hydroxylation sites is 1. The number of hydrogen-bond donors (Lipinski definition) is 1. The van der Waals surface area contributed by atoms with E-state index in [0.29, 0.717) is 10.1 Å². The molecule has 4 nitrogen and oxygen atoms in total. The number of nitrogens with one attached hydrogen (secondary N) is 1. The lowest BCUT2D eigenvalue weighted by molar-refractivity contribution is 0.0368. The van der Waals surface area contributed by atoms with Gasteiger partial charge in [-0.25, -0.2) is 0 Å². The van der Waals surface area contributed by atoms with Crippen LogP contribution in [0, 0.1) is 6.92 Å². The minimum atomic E-state index is 0.675. The van der Waals surface area contributed by atoms with Gasteiger partial charge < -0.3 is 15.0 Å². The Morgan fingerprint density at radius 2 is 1.96 bits per heavy atom. The molecule has 0 spiro atoms. The maximum absolute atomic E-state index is 6.30. The number of anilines is 1. The Balaban J connectivity index is 1.64. The molecule has 0 amide bonds. The molecule has 0 bridgehead atoms. The molecule has 1 N–H and O–H groups in total. The van der Waals surface area contributed by atoms with Crippen LogP contribution in [0.3, 0.4) is 0 Å². The van der Waals surface area contributed by atoms with Crippen LogP contribution >= 0.6 is 23.8 Å². The van der Waals surface area contributed by atoms with Gasteiger partial charge in [0.1, 0.15) is 0 Å². The molecule has 28 heavy (non-hydrogen) atoms. The summed E-state index contributed by atoms with van der Waals surface area (Å²) in [6, 6.07) is 16.3. The molecule has 1 aliphatic rings. The fourth-order valence-electron chi connectivity index (χ4n) is 3.35. The second-order valence-corrected chi connectivity index (χ2v) is 7.92. The average molecular weight is 418 g/mol. The van der Waals surface area contributed by atoms with E-state index in [9.17, 15) is 0 Å². The topological polar surface area (TPSA) is 27.7 Å². The van der Waals surface area contributed by atoms with Crippen LogP contribution in [-0.2, 0) is 11.3 Å². The zero-order valence-electron chi connectivity index (χ0n) is 16.4. The number of nitrogens with zero attached hydrogens (tertiary/aromatic N) is 2. The fraction of sp³-hybridized carbons (Fsp3) is 0.409. The molecular weight excluding hydrogens is 390 g/mol. The number of rotatable bonds is 7. The smallest absolute Gasteiger partial charge is 0.173 e. The summed E-state index contributed by atoms with van der Waals surface area (Å²) in [7, 11) is 0. The number of morpholine rings is 1. The van der Waals surface area contributed by atoms with Crippen LogP contribution in [-0.4, -0.2) is 54.3 Å². The van der Waals surface area contributed by atoms with Crippen LogP contribution < -0.4 is 5.32 Å². The van der Waals surface area contributed by atoms with E-state index in [4.69, 9.17) is 28.6 Å². The first kappa shape index (κ1) is 21.1. The highest BCUT2D eigenvalue weighted by Gasteiger charge is 2.14. The second kappa shape index (κ2) is 10.8. The lowest BCUT2D eigenvalue weighted by atomic mass is 10.1. The van der Waals surface area contributed by atoms with Crippen molar-refractivity contribution >= 4 is 34.6 Å². The zero-order valence-corrected chi connectivity index (χ0v) is 17.9. The normalized spacial score (nSPS) is 14.6.